The van der Waals surface area contributed by atoms with Gasteiger partial charge in [0.05, 0.1) is 6.61 Å². The zero-order valence-electron chi connectivity index (χ0n) is 10.3. The van der Waals surface area contributed by atoms with Gasteiger partial charge in [-0.3, -0.25) is 0 Å². The van der Waals surface area contributed by atoms with Crippen LogP contribution >= 0.6 is 0 Å². The molecule has 7 heteroatoms. The summed E-state index contributed by atoms with van der Waals surface area (Å²) in [7, 11) is 0. The fourth-order valence-corrected chi connectivity index (χ4v) is 1.30. The van der Waals surface area contributed by atoms with E-state index in [4.69, 9.17) is 0 Å². The van der Waals surface area contributed by atoms with Crippen LogP contribution in [-0.4, -0.2) is 24.7 Å². The third-order valence-electron chi connectivity index (χ3n) is 2.61. The van der Waals surface area contributed by atoms with E-state index in [0.717, 1.165) is 12.8 Å². The lowest BCUT2D eigenvalue weighted by Crippen LogP contribution is -2.45. The molecule has 0 aromatic rings. The minimum atomic E-state index is -5.91. The van der Waals surface area contributed by atoms with Crippen molar-refractivity contribution in [1.29, 1.82) is 0 Å². The number of hydrogen-bond donors (Lipinski definition) is 0. The number of rotatable bonds is 7. The molecule has 0 amide bonds. The maximum absolute atomic E-state index is 12.5. The van der Waals surface area contributed by atoms with Crippen LogP contribution in [-0.2, 0) is 9.53 Å². The van der Waals surface area contributed by atoms with Crippen molar-refractivity contribution in [2.75, 3.05) is 6.61 Å². The summed E-state index contributed by atoms with van der Waals surface area (Å²) in [6.45, 7) is 3.29. The van der Waals surface area contributed by atoms with Gasteiger partial charge in [0.2, 0.25) is 0 Å². The monoisotopic (exact) mass is 276 g/mol. The van der Waals surface area contributed by atoms with Gasteiger partial charge < -0.3 is 4.74 Å². The summed E-state index contributed by atoms with van der Waals surface area (Å²) in [5.41, 5.74) is 0. The standard InChI is InChI=1S/C11H17F5O2/c1-3-5-6-8(4-2)7-18-9(17)10(12,13)11(14,15)16/h8H,3-7H2,1-2H3. The Balaban J connectivity index is 4.32. The van der Waals surface area contributed by atoms with Gasteiger partial charge in [0.15, 0.2) is 0 Å². The van der Waals surface area contributed by atoms with E-state index in [2.05, 4.69) is 4.74 Å². The fourth-order valence-electron chi connectivity index (χ4n) is 1.30. The van der Waals surface area contributed by atoms with Crippen LogP contribution < -0.4 is 0 Å². The van der Waals surface area contributed by atoms with Crippen molar-refractivity contribution in [2.24, 2.45) is 5.92 Å². The molecule has 0 N–H and O–H groups in total. The molecule has 0 bridgehead atoms. The van der Waals surface area contributed by atoms with Crippen molar-refractivity contribution in [3.63, 3.8) is 0 Å². The zero-order chi connectivity index (χ0) is 14.4. The number of hydrogen-bond acceptors (Lipinski definition) is 2. The molecule has 0 aliphatic carbocycles. The Kier molecular flexibility index (Phi) is 6.56. The van der Waals surface area contributed by atoms with Crippen LogP contribution in [0.3, 0.4) is 0 Å². The zero-order valence-corrected chi connectivity index (χ0v) is 10.3. The van der Waals surface area contributed by atoms with E-state index in [-0.39, 0.29) is 5.92 Å². The molecule has 0 aromatic heterocycles. The first-order valence-electron chi connectivity index (χ1n) is 5.78. The van der Waals surface area contributed by atoms with Crippen molar-refractivity contribution >= 4 is 5.97 Å². The van der Waals surface area contributed by atoms with E-state index >= 15 is 0 Å². The van der Waals surface area contributed by atoms with E-state index in [1.54, 1.807) is 6.92 Å². The molecule has 1 atom stereocenters. The Morgan fingerprint density at radius 1 is 1.17 bits per heavy atom. The molecule has 0 fully saturated rings. The van der Waals surface area contributed by atoms with Gasteiger partial charge in [-0.1, -0.05) is 33.1 Å². The van der Waals surface area contributed by atoms with E-state index in [0.29, 0.717) is 12.8 Å². The van der Waals surface area contributed by atoms with Gasteiger partial charge in [-0.25, -0.2) is 4.79 Å². The smallest absolute Gasteiger partial charge is 0.461 e. The number of alkyl halides is 5. The summed E-state index contributed by atoms with van der Waals surface area (Å²) in [6, 6.07) is 0. The van der Waals surface area contributed by atoms with Crippen LogP contribution in [0.4, 0.5) is 22.0 Å². The predicted octanol–water partition coefficient (Wildman–Crippen LogP) is 3.94. The molecule has 0 saturated carbocycles. The first-order valence-corrected chi connectivity index (χ1v) is 5.78. The molecule has 0 aliphatic rings. The molecular weight excluding hydrogens is 259 g/mol. The third-order valence-corrected chi connectivity index (χ3v) is 2.61. The number of carbonyl (C=O) groups excluding carboxylic acids is 1. The topological polar surface area (TPSA) is 26.3 Å². The Labute approximate surface area is 102 Å². The number of carbonyl (C=O) groups is 1. The number of esters is 1. The lowest BCUT2D eigenvalue weighted by molar-refractivity contribution is -0.280. The van der Waals surface area contributed by atoms with Crippen LogP contribution in [0.5, 0.6) is 0 Å². The van der Waals surface area contributed by atoms with Crippen molar-refractivity contribution in [1.82, 2.24) is 0 Å². The van der Waals surface area contributed by atoms with Crippen LogP contribution in [0.25, 0.3) is 0 Å². The highest BCUT2D eigenvalue weighted by atomic mass is 19.4. The van der Waals surface area contributed by atoms with Crippen LogP contribution in [0.1, 0.15) is 39.5 Å². The van der Waals surface area contributed by atoms with Crippen molar-refractivity contribution in [3.8, 4) is 0 Å². The Morgan fingerprint density at radius 2 is 1.72 bits per heavy atom. The van der Waals surface area contributed by atoms with E-state index in [1.165, 1.54) is 0 Å². The van der Waals surface area contributed by atoms with Crippen LogP contribution in [0.2, 0.25) is 0 Å². The van der Waals surface area contributed by atoms with Gasteiger partial charge in [-0.2, -0.15) is 22.0 Å². The lowest BCUT2D eigenvalue weighted by atomic mass is 10.0. The van der Waals surface area contributed by atoms with Crippen molar-refractivity contribution < 1.29 is 31.5 Å². The second kappa shape index (κ2) is 6.89. The lowest BCUT2D eigenvalue weighted by Gasteiger charge is -2.20. The van der Waals surface area contributed by atoms with Gasteiger partial charge in [0.1, 0.15) is 0 Å². The van der Waals surface area contributed by atoms with Gasteiger partial charge in [-0.05, 0) is 12.3 Å². The van der Waals surface area contributed by atoms with Gasteiger partial charge in [-0.15, -0.1) is 0 Å². The summed E-state index contributed by atoms with van der Waals surface area (Å²) in [6.07, 6.45) is -3.02. The molecule has 0 aromatic carbocycles. The van der Waals surface area contributed by atoms with Crippen molar-refractivity contribution in [2.45, 2.75) is 51.6 Å². The Morgan fingerprint density at radius 3 is 2.11 bits per heavy atom. The Hall–Kier alpha value is -0.880. The number of ether oxygens (including phenoxy) is 1. The SMILES string of the molecule is CCCCC(CC)COC(=O)C(F)(F)C(F)(F)F. The second-order valence-corrected chi connectivity index (χ2v) is 4.09. The van der Waals surface area contributed by atoms with Gasteiger partial charge >= 0.3 is 18.1 Å². The molecule has 108 valence electrons. The first kappa shape index (κ1) is 17.1. The predicted molar refractivity (Wildman–Crippen MR) is 55.3 cm³/mol. The minimum Gasteiger partial charge on any atom is -0.461 e. The Bertz CT molecular complexity index is 263. The molecule has 0 radical (unpaired) electrons. The van der Waals surface area contributed by atoms with Gasteiger partial charge in [0, 0.05) is 0 Å². The quantitative estimate of drug-likeness (QED) is 0.520. The minimum absolute atomic E-state index is 0.182. The summed E-state index contributed by atoms with van der Waals surface area (Å²) < 4.78 is 64.7. The fraction of sp³-hybridized carbons (Fsp3) is 0.909. The summed E-state index contributed by atoms with van der Waals surface area (Å²) in [5.74, 6) is -8.14. The molecule has 0 heterocycles. The normalized spacial score (nSPS) is 14.4. The summed E-state index contributed by atoms with van der Waals surface area (Å²) in [4.78, 5) is 10.7. The van der Waals surface area contributed by atoms with E-state index in [9.17, 15) is 26.7 Å². The highest BCUT2D eigenvalue weighted by molar-refractivity contribution is 5.78. The molecule has 0 rings (SSSR count). The molecule has 0 saturated heterocycles. The number of halogens is 5. The highest BCUT2D eigenvalue weighted by Crippen LogP contribution is 2.36. The maximum Gasteiger partial charge on any atom is 0.465 e. The number of unbranched alkanes of at least 4 members (excludes halogenated alkanes) is 1. The van der Waals surface area contributed by atoms with Crippen LogP contribution in [0.15, 0.2) is 0 Å². The largest absolute Gasteiger partial charge is 0.465 e. The van der Waals surface area contributed by atoms with Crippen molar-refractivity contribution in [3.05, 3.63) is 0 Å². The highest BCUT2D eigenvalue weighted by Gasteiger charge is 2.64. The third kappa shape index (κ3) is 4.78. The molecule has 18 heavy (non-hydrogen) atoms. The average Bonchev–Trinajstić information content (AvgIpc) is 2.27. The first-order chi connectivity index (χ1) is 8.16. The van der Waals surface area contributed by atoms with Crippen LogP contribution in [0, 0.1) is 5.92 Å². The second-order valence-electron chi connectivity index (χ2n) is 4.09. The van der Waals surface area contributed by atoms with E-state index < -0.39 is 24.7 Å². The molecule has 0 spiro atoms. The summed E-state index contributed by atoms with van der Waals surface area (Å²) in [5, 5.41) is 0. The molecule has 0 aliphatic heterocycles. The molecule has 2 nitrogen and oxygen atoms in total. The average molecular weight is 276 g/mol. The van der Waals surface area contributed by atoms with Gasteiger partial charge in [0.25, 0.3) is 0 Å². The molecule has 1 unspecified atom stereocenters. The molecular formula is C11H17F5O2. The maximum atomic E-state index is 12.5. The van der Waals surface area contributed by atoms with E-state index in [1.807, 2.05) is 6.92 Å². The summed E-state index contributed by atoms with van der Waals surface area (Å²) >= 11 is 0.